The molecule has 2 amide bonds. The first-order chi connectivity index (χ1) is 17.7. The molecule has 0 saturated carbocycles. The lowest BCUT2D eigenvalue weighted by atomic mass is 9.85. The Balaban J connectivity index is 1.70. The second-order valence-electron chi connectivity index (χ2n) is 10.8. The molecule has 1 N–H and O–H groups in total. The number of hydrogen-bond donors (Lipinski definition) is 1. The molecule has 0 spiro atoms. The number of cyclic esters (lactones) is 1. The predicted octanol–water partition coefficient (Wildman–Crippen LogP) is 4.01. The summed E-state index contributed by atoms with van der Waals surface area (Å²) >= 11 is 0. The van der Waals surface area contributed by atoms with Crippen molar-refractivity contribution in [2.45, 2.75) is 78.0 Å². The Morgan fingerprint density at radius 2 is 2.00 bits per heavy atom. The van der Waals surface area contributed by atoms with Gasteiger partial charge in [0.25, 0.3) is 0 Å². The first kappa shape index (κ1) is 26.7. The number of hydrogen-bond acceptors (Lipinski definition) is 7. The third kappa shape index (κ3) is 6.32. The van der Waals surface area contributed by atoms with E-state index in [2.05, 4.69) is 28.5 Å². The molecule has 2 aromatic rings. The van der Waals surface area contributed by atoms with Gasteiger partial charge in [0.1, 0.15) is 18.2 Å². The smallest absolute Gasteiger partial charge is 0.407 e. The van der Waals surface area contributed by atoms with Gasteiger partial charge in [0.05, 0.1) is 19.8 Å². The Hall–Kier alpha value is -3.36. The zero-order valence-corrected chi connectivity index (χ0v) is 22.1. The molecule has 3 heterocycles. The highest BCUT2D eigenvalue weighted by molar-refractivity contribution is 5.91. The summed E-state index contributed by atoms with van der Waals surface area (Å²) in [6.07, 6.45) is 4.33. The van der Waals surface area contributed by atoms with Crippen LogP contribution >= 0.6 is 0 Å². The minimum absolute atomic E-state index is 0.170. The van der Waals surface area contributed by atoms with Crippen LogP contribution in [0.15, 0.2) is 30.5 Å². The van der Waals surface area contributed by atoms with Crippen LogP contribution in [0.4, 0.5) is 4.79 Å². The largest absolute Gasteiger partial charge is 0.472 e. The van der Waals surface area contributed by atoms with E-state index >= 15 is 0 Å². The topological polar surface area (TPSA) is 107 Å². The van der Waals surface area contributed by atoms with Crippen LogP contribution in [0.2, 0.25) is 0 Å². The van der Waals surface area contributed by atoms with E-state index < -0.39 is 35.7 Å². The average molecular weight is 512 g/mol. The van der Waals surface area contributed by atoms with Crippen molar-refractivity contribution in [2.75, 3.05) is 19.8 Å². The van der Waals surface area contributed by atoms with Crippen molar-refractivity contribution < 1.29 is 28.6 Å². The standard InChI is InChI=1S/C28H37N3O6/c1-5-35-26(33)22-16-20-17-31(22)25(32)23(28(2,3)4)30-27(34)36-14-8-6-7-9-18-10-11-19-12-13-29-24(37-20)21(19)15-18/h10-13,15,20,22-23H,5-9,14,16-17H2,1-4H3,(H,30,34)/t20-,22-,23+/m0/s1. The first-order valence-corrected chi connectivity index (χ1v) is 13.1. The van der Waals surface area contributed by atoms with Gasteiger partial charge in [-0.15, -0.1) is 0 Å². The second-order valence-corrected chi connectivity index (χ2v) is 10.8. The number of nitrogens with one attached hydrogen (secondary N) is 1. The van der Waals surface area contributed by atoms with Crippen LogP contribution in [-0.2, 0) is 25.5 Å². The maximum absolute atomic E-state index is 13.8. The fourth-order valence-corrected chi connectivity index (χ4v) is 4.93. The number of alkyl carbamates (subject to hydrolysis) is 1. The van der Waals surface area contributed by atoms with E-state index in [0.717, 1.165) is 36.5 Å². The number of carbonyl (C=O) groups excluding carboxylic acids is 3. The number of fused-ring (bicyclic) bond motifs is 3. The first-order valence-electron chi connectivity index (χ1n) is 13.1. The van der Waals surface area contributed by atoms with Crippen molar-refractivity contribution in [1.82, 2.24) is 15.2 Å². The normalized spacial score (nSPS) is 23.6. The quantitative estimate of drug-likeness (QED) is 0.607. The molecular formula is C28H37N3O6. The molecule has 1 aromatic heterocycles. The molecule has 1 saturated heterocycles. The molecular weight excluding hydrogens is 474 g/mol. The molecule has 0 aliphatic carbocycles. The van der Waals surface area contributed by atoms with Crippen LogP contribution < -0.4 is 10.1 Å². The van der Waals surface area contributed by atoms with Crippen LogP contribution in [0.3, 0.4) is 0 Å². The van der Waals surface area contributed by atoms with E-state index in [1.165, 1.54) is 10.5 Å². The van der Waals surface area contributed by atoms with Crippen molar-refractivity contribution >= 4 is 28.7 Å². The van der Waals surface area contributed by atoms with Crippen LogP contribution in [0.5, 0.6) is 5.88 Å². The van der Waals surface area contributed by atoms with Crippen molar-refractivity contribution in [1.29, 1.82) is 0 Å². The number of aryl methyl sites for hydroxylation is 1. The summed E-state index contributed by atoms with van der Waals surface area (Å²) in [4.78, 5) is 45.3. The molecule has 1 aromatic carbocycles. The lowest BCUT2D eigenvalue weighted by Crippen LogP contribution is -2.57. The molecule has 0 radical (unpaired) electrons. The predicted molar refractivity (Wildman–Crippen MR) is 138 cm³/mol. The van der Waals surface area contributed by atoms with Crippen molar-refractivity contribution in [3.63, 3.8) is 0 Å². The van der Waals surface area contributed by atoms with Gasteiger partial charge in [-0.25, -0.2) is 14.6 Å². The minimum atomic E-state index is -0.896. The summed E-state index contributed by atoms with van der Waals surface area (Å²) in [5.41, 5.74) is 0.550. The Morgan fingerprint density at radius 3 is 2.76 bits per heavy atom. The van der Waals surface area contributed by atoms with Gasteiger partial charge in [0.2, 0.25) is 11.8 Å². The molecule has 2 aliphatic heterocycles. The number of pyridine rings is 1. The zero-order chi connectivity index (χ0) is 26.6. The van der Waals surface area contributed by atoms with Crippen molar-refractivity contribution in [2.24, 2.45) is 5.41 Å². The molecule has 1 fully saturated rings. The van der Waals surface area contributed by atoms with Gasteiger partial charge in [-0.1, -0.05) is 32.9 Å². The van der Waals surface area contributed by atoms with Gasteiger partial charge < -0.3 is 24.4 Å². The maximum Gasteiger partial charge on any atom is 0.407 e. The van der Waals surface area contributed by atoms with Crippen LogP contribution in [-0.4, -0.2) is 65.8 Å². The van der Waals surface area contributed by atoms with Crippen LogP contribution in [0, 0.1) is 5.41 Å². The molecule has 200 valence electrons. The molecule has 4 bridgehead atoms. The number of ether oxygens (including phenoxy) is 3. The highest BCUT2D eigenvalue weighted by atomic mass is 16.5. The molecule has 3 atom stereocenters. The summed E-state index contributed by atoms with van der Waals surface area (Å²) in [5, 5.41) is 4.67. The van der Waals surface area contributed by atoms with E-state index in [0.29, 0.717) is 5.88 Å². The number of nitrogens with zero attached hydrogens (tertiary/aromatic N) is 2. The molecule has 9 heteroatoms. The third-order valence-electron chi connectivity index (χ3n) is 6.89. The Morgan fingerprint density at radius 1 is 1.19 bits per heavy atom. The lowest BCUT2D eigenvalue weighted by molar-refractivity contribution is -0.154. The number of benzene rings is 1. The highest BCUT2D eigenvalue weighted by Gasteiger charge is 2.46. The molecule has 4 rings (SSSR count). The lowest BCUT2D eigenvalue weighted by Gasteiger charge is -2.34. The van der Waals surface area contributed by atoms with Gasteiger partial charge in [-0.3, -0.25) is 4.79 Å². The van der Waals surface area contributed by atoms with Crippen LogP contribution in [0.25, 0.3) is 10.8 Å². The number of rotatable bonds is 2. The highest BCUT2D eigenvalue weighted by Crippen LogP contribution is 2.31. The van der Waals surface area contributed by atoms with E-state index in [1.807, 2.05) is 26.8 Å². The minimum Gasteiger partial charge on any atom is -0.472 e. The monoisotopic (exact) mass is 511 g/mol. The van der Waals surface area contributed by atoms with Gasteiger partial charge in [-0.2, -0.15) is 0 Å². The van der Waals surface area contributed by atoms with Gasteiger partial charge in [-0.05, 0) is 61.1 Å². The zero-order valence-electron chi connectivity index (χ0n) is 22.1. The molecule has 9 nitrogen and oxygen atoms in total. The Kier molecular flexibility index (Phi) is 8.19. The fraction of sp³-hybridized carbons (Fsp3) is 0.571. The van der Waals surface area contributed by atoms with Crippen LogP contribution in [0.1, 0.15) is 58.9 Å². The summed E-state index contributed by atoms with van der Waals surface area (Å²) in [7, 11) is 0. The summed E-state index contributed by atoms with van der Waals surface area (Å²) in [6.45, 7) is 7.96. The summed E-state index contributed by atoms with van der Waals surface area (Å²) in [6, 6.07) is 6.48. The second kappa shape index (κ2) is 11.4. The summed E-state index contributed by atoms with van der Waals surface area (Å²) < 4.78 is 17.0. The van der Waals surface area contributed by atoms with Gasteiger partial charge in [0, 0.05) is 18.0 Å². The Labute approximate surface area is 217 Å². The Bertz CT molecular complexity index is 1140. The van der Waals surface area contributed by atoms with E-state index in [9.17, 15) is 14.4 Å². The van der Waals surface area contributed by atoms with E-state index in [1.54, 1.807) is 13.1 Å². The third-order valence-corrected chi connectivity index (χ3v) is 6.89. The van der Waals surface area contributed by atoms with Gasteiger partial charge >= 0.3 is 12.1 Å². The number of amides is 2. The molecule has 0 unspecified atom stereocenters. The summed E-state index contributed by atoms with van der Waals surface area (Å²) in [5.74, 6) is -0.379. The maximum atomic E-state index is 13.8. The van der Waals surface area contributed by atoms with Gasteiger partial charge in [0.15, 0.2) is 0 Å². The number of esters is 1. The molecule has 2 aliphatic rings. The fourth-order valence-electron chi connectivity index (χ4n) is 4.93. The SMILES string of the molecule is CCOC(=O)[C@@H]1C[C@H]2CN1C(=O)[C@H](C(C)(C)C)NC(=O)OCCCCCc1ccc3ccnc(c3c1)O2. The number of aromatic nitrogens is 1. The number of carbonyl (C=O) groups is 3. The molecule has 37 heavy (non-hydrogen) atoms. The van der Waals surface area contributed by atoms with Crippen molar-refractivity contribution in [3.8, 4) is 5.88 Å². The average Bonchev–Trinajstić information content (AvgIpc) is 3.27. The van der Waals surface area contributed by atoms with E-state index in [-0.39, 0.29) is 32.1 Å². The van der Waals surface area contributed by atoms with E-state index in [4.69, 9.17) is 14.2 Å². The van der Waals surface area contributed by atoms with Crippen molar-refractivity contribution in [3.05, 3.63) is 36.0 Å².